The van der Waals surface area contributed by atoms with Gasteiger partial charge in [-0.05, 0) is 44.9 Å². The van der Waals surface area contributed by atoms with Crippen LogP contribution in [0.15, 0.2) is 18.2 Å². The van der Waals surface area contributed by atoms with Crippen molar-refractivity contribution >= 4 is 33.3 Å². The number of amides is 2. The summed E-state index contributed by atoms with van der Waals surface area (Å²) >= 11 is 1.68. The van der Waals surface area contributed by atoms with Gasteiger partial charge < -0.3 is 15.4 Å². The van der Waals surface area contributed by atoms with E-state index in [9.17, 15) is 4.79 Å². The van der Waals surface area contributed by atoms with E-state index in [2.05, 4.69) is 43.3 Å². The van der Waals surface area contributed by atoms with Gasteiger partial charge in [-0.1, -0.05) is 13.8 Å². The van der Waals surface area contributed by atoms with Crippen molar-refractivity contribution in [3.63, 3.8) is 0 Å². The summed E-state index contributed by atoms with van der Waals surface area (Å²) < 4.78 is 6.79. The van der Waals surface area contributed by atoms with E-state index >= 15 is 0 Å². The average molecular weight is 347 g/mol. The number of hydrogen-bond donors (Lipinski definition) is 2. The van der Waals surface area contributed by atoms with E-state index < -0.39 is 0 Å². The predicted molar refractivity (Wildman–Crippen MR) is 98.9 cm³/mol. The molecule has 0 radical (unpaired) electrons. The Labute approximate surface area is 146 Å². The van der Waals surface area contributed by atoms with Gasteiger partial charge in [-0.25, -0.2) is 9.78 Å². The van der Waals surface area contributed by atoms with E-state index in [1.165, 1.54) is 0 Å². The number of thiazole rings is 1. The van der Waals surface area contributed by atoms with Crippen molar-refractivity contribution in [2.75, 3.05) is 11.9 Å². The Bertz CT molecular complexity index is 739. The summed E-state index contributed by atoms with van der Waals surface area (Å²) in [5.41, 5.74) is 1.61. The van der Waals surface area contributed by atoms with Crippen LogP contribution < -0.4 is 10.6 Å². The number of hydrogen-bond acceptors (Lipinski definition) is 4. The van der Waals surface area contributed by atoms with E-state index in [1.54, 1.807) is 11.3 Å². The highest BCUT2D eigenvalue weighted by Gasteiger charge is 2.29. The lowest BCUT2D eigenvalue weighted by atomic mass is 9.94. The van der Waals surface area contributed by atoms with Gasteiger partial charge in [0, 0.05) is 24.3 Å². The first kappa shape index (κ1) is 17.2. The zero-order valence-electron chi connectivity index (χ0n) is 14.7. The largest absolute Gasteiger partial charge is 0.375 e. The number of nitrogens with one attached hydrogen (secondary N) is 2. The van der Waals surface area contributed by atoms with Crippen molar-refractivity contribution in [3.05, 3.63) is 23.2 Å². The van der Waals surface area contributed by atoms with E-state index in [1.807, 2.05) is 18.2 Å². The van der Waals surface area contributed by atoms with E-state index in [0.717, 1.165) is 33.8 Å². The first-order valence-electron chi connectivity index (χ1n) is 8.44. The Morgan fingerprint density at radius 1 is 1.42 bits per heavy atom. The molecule has 3 rings (SSSR count). The average Bonchev–Trinajstić information content (AvgIpc) is 2.89. The van der Waals surface area contributed by atoms with Gasteiger partial charge in [0.2, 0.25) is 0 Å². The summed E-state index contributed by atoms with van der Waals surface area (Å²) in [7, 11) is 0. The van der Waals surface area contributed by atoms with Crippen molar-refractivity contribution in [3.8, 4) is 0 Å². The summed E-state index contributed by atoms with van der Waals surface area (Å²) in [4.78, 5) is 16.9. The van der Waals surface area contributed by atoms with Gasteiger partial charge in [-0.15, -0.1) is 11.3 Å². The molecule has 6 heteroatoms. The molecule has 1 fully saturated rings. The molecule has 2 aromatic rings. The van der Waals surface area contributed by atoms with Crippen LogP contribution in [-0.4, -0.2) is 29.3 Å². The molecule has 24 heavy (non-hydrogen) atoms. The molecule has 2 amide bonds. The third-order valence-electron chi connectivity index (χ3n) is 4.19. The summed E-state index contributed by atoms with van der Waals surface area (Å²) in [5.74, 6) is 0.416. The highest BCUT2D eigenvalue weighted by molar-refractivity contribution is 7.18. The van der Waals surface area contributed by atoms with Gasteiger partial charge in [-0.3, -0.25) is 0 Å². The number of carbonyl (C=O) groups excluding carboxylic acids is 1. The molecule has 1 aliphatic heterocycles. The molecule has 0 saturated carbocycles. The zero-order valence-corrected chi connectivity index (χ0v) is 15.5. The van der Waals surface area contributed by atoms with E-state index in [-0.39, 0.29) is 17.7 Å². The number of benzene rings is 1. The maximum Gasteiger partial charge on any atom is 0.319 e. The fraction of sp³-hybridized carbons (Fsp3) is 0.556. The number of fused-ring (bicyclic) bond motifs is 1. The molecule has 1 saturated heterocycles. The molecule has 0 unspecified atom stereocenters. The molecule has 0 spiro atoms. The van der Waals surface area contributed by atoms with Gasteiger partial charge in [0.25, 0.3) is 0 Å². The Morgan fingerprint density at radius 3 is 2.92 bits per heavy atom. The van der Waals surface area contributed by atoms with Crippen LogP contribution in [0.4, 0.5) is 10.5 Å². The first-order valence-corrected chi connectivity index (χ1v) is 9.26. The second-order valence-corrected chi connectivity index (χ2v) is 8.35. The van der Waals surface area contributed by atoms with Crippen LogP contribution in [0, 0.1) is 0 Å². The van der Waals surface area contributed by atoms with Crippen molar-refractivity contribution in [2.45, 2.75) is 58.1 Å². The van der Waals surface area contributed by atoms with Gasteiger partial charge >= 0.3 is 6.03 Å². The molecule has 0 bridgehead atoms. The van der Waals surface area contributed by atoms with E-state index in [0.29, 0.717) is 12.5 Å². The molecular formula is C18H25N3O2S. The van der Waals surface area contributed by atoms with Crippen LogP contribution >= 0.6 is 11.3 Å². The van der Waals surface area contributed by atoms with Crippen molar-refractivity contribution < 1.29 is 9.53 Å². The quantitative estimate of drug-likeness (QED) is 0.859. The third-order valence-corrected chi connectivity index (χ3v) is 5.51. The van der Waals surface area contributed by atoms with Crippen LogP contribution in [0.5, 0.6) is 0 Å². The Balaban J connectivity index is 1.64. The topological polar surface area (TPSA) is 63.2 Å². The van der Waals surface area contributed by atoms with Crippen LogP contribution in [0.3, 0.4) is 0 Å². The fourth-order valence-electron chi connectivity index (χ4n) is 2.97. The SMILES string of the molecule is CC(C)c1nc2ccc(NC(=O)N[C@@H]3CCOC(C)(C)C3)cc2s1. The van der Waals surface area contributed by atoms with Gasteiger partial charge in [0.15, 0.2) is 0 Å². The van der Waals surface area contributed by atoms with Gasteiger partial charge in [0.05, 0.1) is 20.8 Å². The zero-order chi connectivity index (χ0) is 17.3. The number of rotatable bonds is 3. The molecule has 2 N–H and O–H groups in total. The second-order valence-electron chi connectivity index (χ2n) is 7.29. The molecule has 5 nitrogen and oxygen atoms in total. The van der Waals surface area contributed by atoms with Gasteiger partial charge in [-0.2, -0.15) is 0 Å². The van der Waals surface area contributed by atoms with E-state index in [4.69, 9.17) is 4.74 Å². The molecule has 1 aliphatic rings. The number of ether oxygens (including phenoxy) is 1. The van der Waals surface area contributed by atoms with Crippen molar-refractivity contribution in [1.29, 1.82) is 0 Å². The van der Waals surface area contributed by atoms with Crippen molar-refractivity contribution in [1.82, 2.24) is 10.3 Å². The lowest BCUT2D eigenvalue weighted by Crippen LogP contribution is -2.47. The third kappa shape index (κ3) is 4.05. The highest BCUT2D eigenvalue weighted by Crippen LogP contribution is 2.29. The number of carbonyl (C=O) groups is 1. The maximum absolute atomic E-state index is 12.3. The van der Waals surface area contributed by atoms with Crippen molar-refractivity contribution in [2.24, 2.45) is 0 Å². The smallest absolute Gasteiger partial charge is 0.319 e. The van der Waals surface area contributed by atoms with Gasteiger partial charge in [0.1, 0.15) is 0 Å². The predicted octanol–water partition coefficient (Wildman–Crippen LogP) is 4.50. The minimum absolute atomic E-state index is 0.147. The summed E-state index contributed by atoms with van der Waals surface area (Å²) in [6.07, 6.45) is 1.68. The molecule has 1 atom stereocenters. The Morgan fingerprint density at radius 2 is 2.21 bits per heavy atom. The lowest BCUT2D eigenvalue weighted by molar-refractivity contribution is -0.0609. The summed E-state index contributed by atoms with van der Waals surface area (Å²) in [5, 5.41) is 7.11. The first-order chi connectivity index (χ1) is 11.3. The van der Waals surface area contributed by atoms with Crippen LogP contribution in [0.1, 0.15) is 51.5 Å². The molecular weight excluding hydrogens is 322 g/mol. The number of urea groups is 1. The Hall–Kier alpha value is -1.66. The molecule has 0 aliphatic carbocycles. The second kappa shape index (κ2) is 6.69. The van der Waals surface area contributed by atoms with Crippen LogP contribution in [-0.2, 0) is 4.74 Å². The Kier molecular flexibility index (Phi) is 4.78. The minimum atomic E-state index is -0.176. The fourth-order valence-corrected chi connectivity index (χ4v) is 3.98. The standard InChI is InChI=1S/C18H25N3O2S/c1-11(2)16-21-14-6-5-12(9-15(14)24-16)19-17(22)20-13-7-8-23-18(3,4)10-13/h5-6,9,11,13H,7-8,10H2,1-4H3,(H2,19,20,22)/t13-/m1/s1. The highest BCUT2D eigenvalue weighted by atomic mass is 32.1. The maximum atomic E-state index is 12.3. The number of nitrogens with zero attached hydrogens (tertiary/aromatic N) is 1. The number of aromatic nitrogens is 1. The monoisotopic (exact) mass is 347 g/mol. The minimum Gasteiger partial charge on any atom is -0.375 e. The molecule has 130 valence electrons. The molecule has 1 aromatic carbocycles. The molecule has 2 heterocycles. The summed E-state index contributed by atoms with van der Waals surface area (Å²) in [6, 6.07) is 5.84. The molecule has 1 aromatic heterocycles. The van der Waals surface area contributed by atoms with Crippen LogP contribution in [0.2, 0.25) is 0 Å². The lowest BCUT2D eigenvalue weighted by Gasteiger charge is -2.35. The number of anilines is 1. The van der Waals surface area contributed by atoms with Crippen LogP contribution in [0.25, 0.3) is 10.2 Å². The normalized spacial score (nSPS) is 20.3. The summed E-state index contributed by atoms with van der Waals surface area (Å²) in [6.45, 7) is 9.08.